The minimum atomic E-state index is -0.731. The fourth-order valence-corrected chi connectivity index (χ4v) is 2.07. The van der Waals surface area contributed by atoms with Crippen LogP contribution in [0.2, 0.25) is 0 Å². The molecule has 0 heterocycles. The van der Waals surface area contributed by atoms with Gasteiger partial charge in [0.2, 0.25) is 0 Å². The Kier molecular flexibility index (Phi) is 9.09. The molecule has 0 aromatic heterocycles. The molecule has 0 amide bonds. The molecule has 0 bridgehead atoms. The topological polar surface area (TPSA) is 52.6 Å². The first-order chi connectivity index (χ1) is 8.06. The number of hydrogen-bond acceptors (Lipinski definition) is 3. The molecule has 0 aliphatic heterocycles. The van der Waals surface area contributed by atoms with Crippen molar-refractivity contribution in [2.45, 2.75) is 46.6 Å². The van der Waals surface area contributed by atoms with Gasteiger partial charge in [0.25, 0.3) is 0 Å². The molecule has 17 heavy (non-hydrogen) atoms. The lowest BCUT2D eigenvalue weighted by Crippen LogP contribution is -2.45. The van der Waals surface area contributed by atoms with Gasteiger partial charge in [0.05, 0.1) is 0 Å². The highest BCUT2D eigenvalue weighted by Crippen LogP contribution is 2.10. The molecule has 0 aliphatic rings. The maximum absolute atomic E-state index is 11.2. The van der Waals surface area contributed by atoms with Gasteiger partial charge in [0.1, 0.15) is 6.04 Å². The van der Waals surface area contributed by atoms with E-state index < -0.39 is 12.0 Å². The van der Waals surface area contributed by atoms with Crippen molar-refractivity contribution in [3.05, 3.63) is 0 Å². The van der Waals surface area contributed by atoms with Gasteiger partial charge in [-0.2, -0.15) is 0 Å². The number of carbonyl (C=O) groups is 1. The fourth-order valence-electron chi connectivity index (χ4n) is 2.07. The van der Waals surface area contributed by atoms with Gasteiger partial charge in [-0.05, 0) is 25.4 Å². The van der Waals surface area contributed by atoms with Crippen molar-refractivity contribution in [3.8, 4) is 0 Å². The Balaban J connectivity index is 4.05. The van der Waals surface area contributed by atoms with E-state index in [4.69, 9.17) is 0 Å². The summed E-state index contributed by atoms with van der Waals surface area (Å²) >= 11 is 0. The number of hydrogen-bond donors (Lipinski definition) is 2. The maximum Gasteiger partial charge on any atom is 0.320 e. The van der Waals surface area contributed by atoms with Crippen LogP contribution in [-0.2, 0) is 4.79 Å². The van der Waals surface area contributed by atoms with Gasteiger partial charge in [-0.15, -0.1) is 0 Å². The number of nitrogens with zero attached hydrogens (tertiary/aromatic N) is 1. The Labute approximate surface area is 105 Å². The molecule has 0 aromatic rings. The zero-order valence-electron chi connectivity index (χ0n) is 11.7. The molecule has 0 aliphatic carbocycles. The van der Waals surface area contributed by atoms with Crippen LogP contribution in [0.3, 0.4) is 0 Å². The standard InChI is InChI=1S/C13H28N2O2/c1-5-8-11(4)12(13(16)17)14-9-10-15(6-2)7-3/h11-12,14H,5-10H2,1-4H3,(H,16,17). The normalized spacial score (nSPS) is 14.9. The lowest BCUT2D eigenvalue weighted by molar-refractivity contribution is -0.140. The summed E-state index contributed by atoms with van der Waals surface area (Å²) in [4.78, 5) is 13.4. The summed E-state index contributed by atoms with van der Waals surface area (Å²) in [6.45, 7) is 12.0. The molecule has 0 radical (unpaired) electrons. The van der Waals surface area contributed by atoms with Gasteiger partial charge >= 0.3 is 5.97 Å². The molecular formula is C13H28N2O2. The average molecular weight is 244 g/mol. The van der Waals surface area contributed by atoms with Gasteiger partial charge in [-0.1, -0.05) is 34.1 Å². The molecule has 2 N–H and O–H groups in total. The number of rotatable bonds is 10. The fraction of sp³-hybridized carbons (Fsp3) is 0.923. The first-order valence-electron chi connectivity index (χ1n) is 6.75. The second-order valence-corrected chi connectivity index (χ2v) is 4.56. The summed E-state index contributed by atoms with van der Waals surface area (Å²) in [6, 6.07) is -0.412. The average Bonchev–Trinajstić information content (AvgIpc) is 2.29. The van der Waals surface area contributed by atoms with Crippen molar-refractivity contribution in [2.24, 2.45) is 5.92 Å². The summed E-state index contributed by atoms with van der Waals surface area (Å²) in [5, 5.41) is 12.3. The summed E-state index contributed by atoms with van der Waals surface area (Å²) in [5.41, 5.74) is 0. The van der Waals surface area contributed by atoms with E-state index in [1.165, 1.54) is 0 Å². The van der Waals surface area contributed by atoms with E-state index in [1.807, 2.05) is 6.92 Å². The Morgan fingerprint density at radius 1 is 1.29 bits per heavy atom. The molecule has 0 spiro atoms. The van der Waals surface area contributed by atoms with Crippen LogP contribution in [-0.4, -0.2) is 48.2 Å². The third-order valence-corrected chi connectivity index (χ3v) is 3.27. The van der Waals surface area contributed by atoms with Crippen molar-refractivity contribution in [2.75, 3.05) is 26.2 Å². The molecule has 2 unspecified atom stereocenters. The van der Waals surface area contributed by atoms with Crippen LogP contribution in [0.4, 0.5) is 0 Å². The maximum atomic E-state index is 11.2. The first kappa shape index (κ1) is 16.4. The summed E-state index contributed by atoms with van der Waals surface area (Å²) in [5.74, 6) is -0.542. The third-order valence-electron chi connectivity index (χ3n) is 3.27. The molecule has 2 atom stereocenters. The smallest absolute Gasteiger partial charge is 0.320 e. The summed E-state index contributed by atoms with van der Waals surface area (Å²) in [7, 11) is 0. The first-order valence-corrected chi connectivity index (χ1v) is 6.75. The molecule has 0 saturated heterocycles. The highest BCUT2D eigenvalue weighted by molar-refractivity contribution is 5.73. The number of aliphatic carboxylic acids is 1. The van der Waals surface area contributed by atoms with Crippen LogP contribution in [0.5, 0.6) is 0 Å². The second-order valence-electron chi connectivity index (χ2n) is 4.56. The van der Waals surface area contributed by atoms with Gasteiger partial charge in [-0.25, -0.2) is 0 Å². The number of carboxylic acid groups (broad SMARTS) is 1. The molecule has 0 rings (SSSR count). The monoisotopic (exact) mass is 244 g/mol. The third kappa shape index (κ3) is 6.64. The van der Waals surface area contributed by atoms with Crippen molar-refractivity contribution in [1.29, 1.82) is 0 Å². The molecule has 4 nitrogen and oxygen atoms in total. The highest BCUT2D eigenvalue weighted by atomic mass is 16.4. The number of carboxylic acids is 1. The van der Waals surface area contributed by atoms with Gasteiger partial charge in [0.15, 0.2) is 0 Å². The lowest BCUT2D eigenvalue weighted by Gasteiger charge is -2.23. The quantitative estimate of drug-likeness (QED) is 0.615. The SMILES string of the molecule is CCCC(C)C(NCCN(CC)CC)C(=O)O. The molecule has 0 aromatic carbocycles. The number of nitrogens with one attached hydrogen (secondary N) is 1. The van der Waals surface area contributed by atoms with E-state index in [0.717, 1.165) is 39.0 Å². The minimum absolute atomic E-state index is 0.189. The van der Waals surface area contributed by atoms with E-state index >= 15 is 0 Å². The van der Waals surface area contributed by atoms with E-state index in [2.05, 4.69) is 31.0 Å². The Hall–Kier alpha value is -0.610. The van der Waals surface area contributed by atoms with Gasteiger partial charge in [-0.3, -0.25) is 4.79 Å². The summed E-state index contributed by atoms with van der Waals surface area (Å²) in [6.07, 6.45) is 1.98. The van der Waals surface area contributed by atoms with Crippen molar-refractivity contribution in [3.63, 3.8) is 0 Å². The van der Waals surface area contributed by atoms with E-state index in [0.29, 0.717) is 0 Å². The van der Waals surface area contributed by atoms with Crippen molar-refractivity contribution >= 4 is 5.97 Å². The zero-order chi connectivity index (χ0) is 13.3. The number of likely N-dealkylation sites (N-methyl/N-ethyl adjacent to an activating group) is 1. The van der Waals surface area contributed by atoms with Crippen molar-refractivity contribution in [1.82, 2.24) is 10.2 Å². The largest absolute Gasteiger partial charge is 0.480 e. The Morgan fingerprint density at radius 3 is 2.29 bits per heavy atom. The summed E-state index contributed by atoms with van der Waals surface area (Å²) < 4.78 is 0. The van der Waals surface area contributed by atoms with Crippen molar-refractivity contribution < 1.29 is 9.90 Å². The lowest BCUT2D eigenvalue weighted by atomic mass is 9.97. The van der Waals surface area contributed by atoms with Crippen LogP contribution >= 0.6 is 0 Å². The van der Waals surface area contributed by atoms with Crippen LogP contribution in [0.15, 0.2) is 0 Å². The van der Waals surface area contributed by atoms with Gasteiger partial charge in [0, 0.05) is 13.1 Å². The van der Waals surface area contributed by atoms with Crippen LogP contribution < -0.4 is 5.32 Å². The van der Waals surface area contributed by atoms with Crippen LogP contribution in [0.1, 0.15) is 40.5 Å². The van der Waals surface area contributed by atoms with Crippen LogP contribution in [0.25, 0.3) is 0 Å². The van der Waals surface area contributed by atoms with Gasteiger partial charge < -0.3 is 15.3 Å². The Morgan fingerprint density at radius 2 is 1.88 bits per heavy atom. The molecule has 102 valence electrons. The predicted molar refractivity (Wildman–Crippen MR) is 71.3 cm³/mol. The zero-order valence-corrected chi connectivity index (χ0v) is 11.7. The molecular weight excluding hydrogens is 216 g/mol. The van der Waals surface area contributed by atoms with Crippen LogP contribution in [0, 0.1) is 5.92 Å². The molecule has 0 saturated carbocycles. The second kappa shape index (κ2) is 9.42. The van der Waals surface area contributed by atoms with E-state index in [-0.39, 0.29) is 5.92 Å². The highest BCUT2D eigenvalue weighted by Gasteiger charge is 2.23. The predicted octanol–water partition coefficient (Wildman–Crippen LogP) is 1.81. The molecule has 0 fully saturated rings. The Bertz CT molecular complexity index is 206. The molecule has 4 heteroatoms. The van der Waals surface area contributed by atoms with E-state index in [9.17, 15) is 9.90 Å². The van der Waals surface area contributed by atoms with E-state index in [1.54, 1.807) is 0 Å². The minimum Gasteiger partial charge on any atom is -0.480 e.